The van der Waals surface area contributed by atoms with E-state index >= 15 is 0 Å². The van der Waals surface area contributed by atoms with Crippen molar-refractivity contribution in [1.29, 1.82) is 0 Å². The molecular formula is C14H19F3N2O3. The molecule has 0 saturated heterocycles. The van der Waals surface area contributed by atoms with Gasteiger partial charge < -0.3 is 20.5 Å². The highest BCUT2D eigenvalue weighted by molar-refractivity contribution is 5.73. The van der Waals surface area contributed by atoms with Gasteiger partial charge >= 0.3 is 12.2 Å². The molecule has 8 heteroatoms. The van der Waals surface area contributed by atoms with Crippen molar-refractivity contribution in [3.05, 3.63) is 29.8 Å². The topological polar surface area (TPSA) is 70.6 Å². The van der Waals surface area contributed by atoms with Crippen molar-refractivity contribution in [3.63, 3.8) is 0 Å². The Morgan fingerprint density at radius 2 is 2.00 bits per heavy atom. The van der Waals surface area contributed by atoms with Gasteiger partial charge in [-0.25, -0.2) is 4.79 Å². The van der Waals surface area contributed by atoms with Crippen LogP contribution < -0.4 is 15.4 Å². The molecule has 1 aromatic rings. The first-order chi connectivity index (χ1) is 10.2. The molecule has 3 N–H and O–H groups in total. The fourth-order valence-corrected chi connectivity index (χ4v) is 1.62. The van der Waals surface area contributed by atoms with E-state index in [2.05, 4.69) is 5.32 Å². The molecule has 1 atom stereocenters. The maximum atomic E-state index is 11.9. The Bertz CT molecular complexity index is 492. The summed E-state index contributed by atoms with van der Waals surface area (Å²) in [5.41, 5.74) is 0.495. The summed E-state index contributed by atoms with van der Waals surface area (Å²) in [6.07, 6.45) is -5.55. The monoisotopic (exact) mass is 320 g/mol. The second-order valence-corrected chi connectivity index (χ2v) is 4.93. The van der Waals surface area contributed by atoms with E-state index in [9.17, 15) is 23.1 Å². The van der Waals surface area contributed by atoms with Crippen LogP contribution >= 0.6 is 0 Å². The van der Waals surface area contributed by atoms with Crippen LogP contribution in [0.2, 0.25) is 0 Å². The number of alkyl halides is 3. The Kier molecular flexibility index (Phi) is 6.48. The third-order valence-electron chi connectivity index (χ3n) is 2.52. The molecule has 2 amide bonds. The summed E-state index contributed by atoms with van der Waals surface area (Å²) in [5.74, 6) is 0.563. The maximum absolute atomic E-state index is 11.9. The van der Waals surface area contributed by atoms with Crippen molar-refractivity contribution in [2.24, 2.45) is 0 Å². The van der Waals surface area contributed by atoms with Crippen LogP contribution in [0.25, 0.3) is 0 Å². The van der Waals surface area contributed by atoms with Crippen molar-refractivity contribution < 1.29 is 27.8 Å². The van der Waals surface area contributed by atoms with Gasteiger partial charge in [0.05, 0.1) is 12.2 Å². The molecule has 0 aromatic heterocycles. The Labute approximate surface area is 126 Å². The summed E-state index contributed by atoms with van der Waals surface area (Å²) in [4.78, 5) is 11.2. The Morgan fingerprint density at radius 1 is 1.32 bits per heavy atom. The van der Waals surface area contributed by atoms with Crippen LogP contribution in [-0.4, -0.2) is 36.5 Å². The number of benzene rings is 1. The predicted octanol–water partition coefficient (Wildman–Crippen LogP) is 2.37. The molecule has 0 saturated carbocycles. The molecule has 1 aromatic carbocycles. The quantitative estimate of drug-likeness (QED) is 0.753. The molecule has 0 bridgehead atoms. The highest BCUT2D eigenvalue weighted by Gasteiger charge is 2.27. The first-order valence-electron chi connectivity index (χ1n) is 6.70. The van der Waals surface area contributed by atoms with Gasteiger partial charge in [-0.05, 0) is 31.5 Å². The molecule has 0 heterocycles. The number of carbonyl (C=O) groups excluding carboxylic acids is 1. The smallest absolute Gasteiger partial charge is 0.405 e. The average Bonchev–Trinajstić information content (AvgIpc) is 2.41. The molecule has 0 aliphatic rings. The number of hydrogen-bond donors (Lipinski definition) is 3. The van der Waals surface area contributed by atoms with Gasteiger partial charge in [0.1, 0.15) is 12.3 Å². The molecule has 124 valence electrons. The summed E-state index contributed by atoms with van der Waals surface area (Å²) in [7, 11) is 0. The van der Waals surface area contributed by atoms with Crippen molar-refractivity contribution in [2.45, 2.75) is 32.2 Å². The molecule has 5 nitrogen and oxygen atoms in total. The van der Waals surface area contributed by atoms with Crippen LogP contribution in [0.1, 0.15) is 25.5 Å². The largest absolute Gasteiger partial charge is 0.491 e. The minimum Gasteiger partial charge on any atom is -0.491 e. The lowest BCUT2D eigenvalue weighted by atomic mass is 10.1. The molecular weight excluding hydrogens is 301 g/mol. The molecule has 0 aliphatic carbocycles. The number of nitrogens with one attached hydrogen (secondary N) is 2. The standard InChI is InChI=1S/C14H19F3N2O3/c1-9(2)22-11-5-3-4-10(6-11)12(20)7-18-13(21)19-8-14(15,16)17/h3-6,9,12,20H,7-8H2,1-2H3,(H2,18,19,21)/t12-/m1/s1. The van der Waals surface area contributed by atoms with E-state index in [1.807, 2.05) is 13.8 Å². The molecule has 0 spiro atoms. The summed E-state index contributed by atoms with van der Waals surface area (Å²) in [6.45, 7) is 2.08. The van der Waals surface area contributed by atoms with E-state index < -0.39 is 24.9 Å². The number of halogens is 3. The van der Waals surface area contributed by atoms with Crippen LogP contribution in [0.3, 0.4) is 0 Å². The summed E-state index contributed by atoms with van der Waals surface area (Å²) in [6, 6.07) is 5.65. The number of aliphatic hydroxyl groups is 1. The normalized spacial score (nSPS) is 12.9. The van der Waals surface area contributed by atoms with E-state index in [1.165, 1.54) is 0 Å². The van der Waals surface area contributed by atoms with Gasteiger partial charge in [-0.1, -0.05) is 12.1 Å². The molecule has 0 fully saturated rings. The van der Waals surface area contributed by atoms with Gasteiger partial charge in [-0.2, -0.15) is 13.2 Å². The highest BCUT2D eigenvalue weighted by atomic mass is 19.4. The van der Waals surface area contributed by atoms with Crippen LogP contribution in [0.5, 0.6) is 5.75 Å². The number of ether oxygens (including phenoxy) is 1. The molecule has 1 rings (SSSR count). The zero-order valence-electron chi connectivity index (χ0n) is 12.3. The summed E-state index contributed by atoms with van der Waals surface area (Å²) < 4.78 is 41.2. The Morgan fingerprint density at radius 3 is 2.59 bits per heavy atom. The van der Waals surface area contributed by atoms with Crippen molar-refractivity contribution in [3.8, 4) is 5.75 Å². The van der Waals surface area contributed by atoms with Crippen LogP contribution in [0.4, 0.5) is 18.0 Å². The lowest BCUT2D eigenvalue weighted by Gasteiger charge is -2.15. The van der Waals surface area contributed by atoms with Gasteiger partial charge in [-0.3, -0.25) is 0 Å². The van der Waals surface area contributed by atoms with E-state index in [1.54, 1.807) is 29.6 Å². The Balaban J connectivity index is 2.48. The summed E-state index contributed by atoms with van der Waals surface area (Å²) >= 11 is 0. The zero-order chi connectivity index (χ0) is 16.8. The fraction of sp³-hybridized carbons (Fsp3) is 0.500. The molecule has 0 unspecified atom stereocenters. The minimum absolute atomic E-state index is 0.0290. The van der Waals surface area contributed by atoms with Crippen LogP contribution in [-0.2, 0) is 0 Å². The van der Waals surface area contributed by atoms with E-state index in [0.29, 0.717) is 11.3 Å². The number of aliphatic hydroxyl groups excluding tert-OH is 1. The van der Waals surface area contributed by atoms with Crippen molar-refractivity contribution in [2.75, 3.05) is 13.1 Å². The minimum atomic E-state index is -4.47. The van der Waals surface area contributed by atoms with E-state index in [-0.39, 0.29) is 12.6 Å². The van der Waals surface area contributed by atoms with Crippen LogP contribution in [0.15, 0.2) is 24.3 Å². The fourth-order valence-electron chi connectivity index (χ4n) is 1.62. The zero-order valence-corrected chi connectivity index (χ0v) is 12.3. The molecule has 22 heavy (non-hydrogen) atoms. The lowest BCUT2D eigenvalue weighted by molar-refractivity contribution is -0.122. The van der Waals surface area contributed by atoms with Crippen LogP contribution in [0, 0.1) is 0 Å². The highest BCUT2D eigenvalue weighted by Crippen LogP contribution is 2.20. The molecule has 0 radical (unpaired) electrons. The third-order valence-corrected chi connectivity index (χ3v) is 2.52. The summed E-state index contributed by atoms with van der Waals surface area (Å²) in [5, 5.41) is 13.8. The van der Waals surface area contributed by atoms with E-state index in [0.717, 1.165) is 0 Å². The number of hydrogen-bond acceptors (Lipinski definition) is 3. The van der Waals surface area contributed by atoms with E-state index in [4.69, 9.17) is 4.74 Å². The second kappa shape index (κ2) is 7.88. The first kappa shape index (κ1) is 18.1. The average molecular weight is 320 g/mol. The number of amides is 2. The van der Waals surface area contributed by atoms with Gasteiger partial charge in [0.25, 0.3) is 0 Å². The van der Waals surface area contributed by atoms with Gasteiger partial charge in [0, 0.05) is 6.54 Å². The number of urea groups is 1. The third kappa shape index (κ3) is 7.16. The molecule has 0 aliphatic heterocycles. The lowest BCUT2D eigenvalue weighted by Crippen LogP contribution is -2.42. The van der Waals surface area contributed by atoms with Crippen molar-refractivity contribution in [1.82, 2.24) is 10.6 Å². The Hall–Kier alpha value is -1.96. The second-order valence-electron chi connectivity index (χ2n) is 4.93. The van der Waals surface area contributed by atoms with Gasteiger partial charge in [-0.15, -0.1) is 0 Å². The SMILES string of the molecule is CC(C)Oc1cccc([C@H](O)CNC(=O)NCC(F)(F)F)c1. The van der Waals surface area contributed by atoms with Crippen molar-refractivity contribution >= 4 is 6.03 Å². The first-order valence-corrected chi connectivity index (χ1v) is 6.70. The number of carbonyl (C=O) groups is 1. The van der Waals surface area contributed by atoms with Gasteiger partial charge in [0.2, 0.25) is 0 Å². The maximum Gasteiger partial charge on any atom is 0.405 e. The van der Waals surface area contributed by atoms with Gasteiger partial charge in [0.15, 0.2) is 0 Å². The number of rotatable bonds is 6. The predicted molar refractivity (Wildman–Crippen MR) is 74.6 cm³/mol.